The van der Waals surface area contributed by atoms with Crippen molar-refractivity contribution >= 4 is 15.7 Å². The molecule has 1 amide bonds. The predicted octanol–water partition coefficient (Wildman–Crippen LogP) is 1.37. The van der Waals surface area contributed by atoms with Crippen LogP contribution in [0.15, 0.2) is 17.2 Å². The van der Waals surface area contributed by atoms with Gasteiger partial charge in [-0.05, 0) is 18.9 Å². The number of nitriles is 1. The van der Waals surface area contributed by atoms with Crippen LogP contribution >= 0.6 is 0 Å². The Balaban J connectivity index is 2.66. The summed E-state index contributed by atoms with van der Waals surface area (Å²) in [5, 5.41) is 8.64. The lowest BCUT2D eigenvalue weighted by Crippen LogP contribution is -2.27. The number of amides is 1. The van der Waals surface area contributed by atoms with Gasteiger partial charge in [0, 0.05) is 20.3 Å². The summed E-state index contributed by atoms with van der Waals surface area (Å²) < 4.78 is 25.6. The van der Waals surface area contributed by atoms with Gasteiger partial charge in [-0.25, -0.2) is 13.4 Å². The van der Waals surface area contributed by atoms with Gasteiger partial charge in [-0.3, -0.25) is 4.79 Å². The Kier molecular flexibility index (Phi) is 4.28. The van der Waals surface area contributed by atoms with Crippen LogP contribution in [0.25, 0.3) is 0 Å². The first kappa shape index (κ1) is 15.4. The van der Waals surface area contributed by atoms with E-state index in [-0.39, 0.29) is 16.2 Å². The minimum absolute atomic E-state index is 0.0263. The summed E-state index contributed by atoms with van der Waals surface area (Å²) in [6.45, 7) is 0. The molecule has 112 valence electrons. The molecule has 21 heavy (non-hydrogen) atoms. The Morgan fingerprint density at radius 1 is 1.38 bits per heavy atom. The van der Waals surface area contributed by atoms with Gasteiger partial charge in [-0.2, -0.15) is 5.26 Å². The van der Waals surface area contributed by atoms with Crippen LogP contribution in [0, 0.1) is 11.3 Å². The highest BCUT2D eigenvalue weighted by Gasteiger charge is 2.36. The standard InChI is InChI=1S/C14H17N3O3S/c1-17(2)14(18)11-7-8-16-12(9-15)13(11)21(19,20)10-5-3-4-6-10/h7-8,10H,3-6H2,1-2H3. The van der Waals surface area contributed by atoms with Gasteiger partial charge >= 0.3 is 0 Å². The van der Waals surface area contributed by atoms with E-state index in [0.717, 1.165) is 12.8 Å². The number of hydrogen-bond donors (Lipinski definition) is 0. The number of nitrogens with zero attached hydrogens (tertiary/aromatic N) is 3. The van der Waals surface area contributed by atoms with E-state index in [2.05, 4.69) is 4.98 Å². The first-order valence-corrected chi connectivity index (χ1v) is 8.29. The first-order chi connectivity index (χ1) is 9.89. The molecule has 1 aliphatic carbocycles. The van der Waals surface area contributed by atoms with Crippen molar-refractivity contribution in [1.82, 2.24) is 9.88 Å². The Hall–Kier alpha value is -1.94. The summed E-state index contributed by atoms with van der Waals surface area (Å²) in [7, 11) is -0.638. The van der Waals surface area contributed by atoms with E-state index in [1.807, 2.05) is 0 Å². The summed E-state index contributed by atoms with van der Waals surface area (Å²) in [5.41, 5.74) is -0.173. The molecule has 1 aromatic heterocycles. The van der Waals surface area contributed by atoms with E-state index in [0.29, 0.717) is 12.8 Å². The zero-order chi connectivity index (χ0) is 15.6. The van der Waals surface area contributed by atoms with Crippen LogP contribution < -0.4 is 0 Å². The topological polar surface area (TPSA) is 91.1 Å². The maximum absolute atomic E-state index is 12.8. The summed E-state index contributed by atoms with van der Waals surface area (Å²) >= 11 is 0. The fraction of sp³-hybridized carbons (Fsp3) is 0.500. The van der Waals surface area contributed by atoms with E-state index in [1.54, 1.807) is 20.2 Å². The first-order valence-electron chi connectivity index (χ1n) is 6.74. The van der Waals surface area contributed by atoms with Gasteiger partial charge in [-0.1, -0.05) is 12.8 Å². The van der Waals surface area contributed by atoms with Crippen molar-refractivity contribution in [3.63, 3.8) is 0 Å². The van der Waals surface area contributed by atoms with E-state index < -0.39 is 21.0 Å². The van der Waals surface area contributed by atoms with Crippen LogP contribution in [0.4, 0.5) is 0 Å². The predicted molar refractivity (Wildman–Crippen MR) is 76.4 cm³/mol. The quantitative estimate of drug-likeness (QED) is 0.841. The lowest BCUT2D eigenvalue weighted by Gasteiger charge is -2.17. The third-order valence-corrected chi connectivity index (χ3v) is 6.00. The molecule has 0 aliphatic heterocycles. The molecule has 1 aromatic rings. The summed E-state index contributed by atoms with van der Waals surface area (Å²) in [6, 6.07) is 3.16. The molecular weight excluding hydrogens is 290 g/mol. The molecule has 6 nitrogen and oxygen atoms in total. The third-order valence-electron chi connectivity index (χ3n) is 3.67. The number of carbonyl (C=O) groups excluding carboxylic acids is 1. The van der Waals surface area contributed by atoms with E-state index in [9.17, 15) is 13.2 Å². The third kappa shape index (κ3) is 2.76. The summed E-state index contributed by atoms with van der Waals surface area (Å²) in [4.78, 5) is 17.1. The monoisotopic (exact) mass is 307 g/mol. The highest BCUT2D eigenvalue weighted by molar-refractivity contribution is 7.92. The maximum Gasteiger partial charge on any atom is 0.254 e. The average molecular weight is 307 g/mol. The molecular formula is C14H17N3O3S. The van der Waals surface area contributed by atoms with Gasteiger partial charge in [0.05, 0.1) is 10.8 Å². The minimum Gasteiger partial charge on any atom is -0.345 e. The van der Waals surface area contributed by atoms with Gasteiger partial charge in [0.1, 0.15) is 11.0 Å². The van der Waals surface area contributed by atoms with E-state index in [1.165, 1.54) is 17.2 Å². The number of rotatable bonds is 3. The Labute approximate surface area is 124 Å². The molecule has 0 aromatic carbocycles. The van der Waals surface area contributed by atoms with Gasteiger partial charge in [0.15, 0.2) is 15.5 Å². The lowest BCUT2D eigenvalue weighted by atomic mass is 10.2. The molecule has 2 rings (SSSR count). The molecule has 1 aliphatic rings. The van der Waals surface area contributed by atoms with Crippen molar-refractivity contribution in [2.75, 3.05) is 14.1 Å². The van der Waals surface area contributed by atoms with Crippen molar-refractivity contribution in [1.29, 1.82) is 5.26 Å². The average Bonchev–Trinajstić information content (AvgIpc) is 3.00. The fourth-order valence-electron chi connectivity index (χ4n) is 2.59. The lowest BCUT2D eigenvalue weighted by molar-refractivity contribution is 0.0823. The minimum atomic E-state index is -3.72. The van der Waals surface area contributed by atoms with Crippen molar-refractivity contribution < 1.29 is 13.2 Å². The van der Waals surface area contributed by atoms with Crippen LogP contribution in [0.2, 0.25) is 0 Å². The van der Waals surface area contributed by atoms with Crippen LogP contribution in [0.3, 0.4) is 0 Å². The van der Waals surface area contributed by atoms with Crippen molar-refractivity contribution in [3.05, 3.63) is 23.5 Å². The molecule has 1 heterocycles. The Morgan fingerprint density at radius 2 is 2.00 bits per heavy atom. The van der Waals surface area contributed by atoms with Crippen LogP contribution in [0.1, 0.15) is 41.7 Å². The smallest absolute Gasteiger partial charge is 0.254 e. The summed E-state index contributed by atoms with van der Waals surface area (Å²) in [6.07, 6.45) is 4.13. The Morgan fingerprint density at radius 3 is 2.52 bits per heavy atom. The number of aromatic nitrogens is 1. The fourth-order valence-corrected chi connectivity index (χ4v) is 4.71. The molecule has 0 radical (unpaired) electrons. The maximum atomic E-state index is 12.8. The molecule has 0 unspecified atom stereocenters. The number of sulfone groups is 1. The van der Waals surface area contributed by atoms with Gasteiger partial charge in [0.25, 0.3) is 5.91 Å². The van der Waals surface area contributed by atoms with Gasteiger partial charge < -0.3 is 4.90 Å². The number of pyridine rings is 1. The molecule has 0 N–H and O–H groups in total. The van der Waals surface area contributed by atoms with Gasteiger partial charge in [0.2, 0.25) is 0 Å². The second-order valence-electron chi connectivity index (χ2n) is 5.30. The van der Waals surface area contributed by atoms with Crippen LogP contribution in [-0.4, -0.2) is 43.6 Å². The molecule has 0 spiro atoms. The zero-order valence-corrected chi connectivity index (χ0v) is 12.9. The van der Waals surface area contributed by atoms with Crippen LogP contribution in [-0.2, 0) is 9.84 Å². The summed E-state index contributed by atoms with van der Waals surface area (Å²) in [5.74, 6) is -0.439. The second kappa shape index (κ2) is 5.82. The van der Waals surface area contributed by atoms with Crippen molar-refractivity contribution in [2.45, 2.75) is 35.8 Å². The van der Waals surface area contributed by atoms with Crippen LogP contribution in [0.5, 0.6) is 0 Å². The largest absolute Gasteiger partial charge is 0.345 e. The number of hydrogen-bond acceptors (Lipinski definition) is 5. The van der Waals surface area contributed by atoms with Crippen molar-refractivity contribution in [2.24, 2.45) is 0 Å². The molecule has 0 atom stereocenters. The van der Waals surface area contributed by atoms with E-state index >= 15 is 0 Å². The Bertz CT molecular complexity index is 699. The second-order valence-corrected chi connectivity index (χ2v) is 7.46. The molecule has 1 saturated carbocycles. The highest BCUT2D eigenvalue weighted by atomic mass is 32.2. The SMILES string of the molecule is CN(C)C(=O)c1ccnc(C#N)c1S(=O)(=O)C1CCCC1. The highest BCUT2D eigenvalue weighted by Crippen LogP contribution is 2.32. The molecule has 0 bridgehead atoms. The zero-order valence-electron chi connectivity index (χ0n) is 12.0. The van der Waals surface area contributed by atoms with E-state index in [4.69, 9.17) is 5.26 Å². The molecule has 7 heteroatoms. The molecule has 1 fully saturated rings. The number of carbonyl (C=O) groups is 1. The van der Waals surface area contributed by atoms with Gasteiger partial charge in [-0.15, -0.1) is 0 Å². The van der Waals surface area contributed by atoms with Crippen molar-refractivity contribution in [3.8, 4) is 6.07 Å². The molecule has 0 saturated heterocycles. The normalized spacial score (nSPS) is 15.7.